The molecule has 2 aliphatic rings. The van der Waals surface area contributed by atoms with Crippen molar-refractivity contribution >= 4 is 17.2 Å². The number of hydrogen-bond acceptors (Lipinski definition) is 6. The van der Waals surface area contributed by atoms with Crippen molar-refractivity contribution < 1.29 is 18.3 Å². The summed E-state index contributed by atoms with van der Waals surface area (Å²) in [6, 6.07) is 4.03. The zero-order valence-electron chi connectivity index (χ0n) is 18.1. The Kier molecular flexibility index (Phi) is 8.02. The highest BCUT2D eigenvalue weighted by Gasteiger charge is 2.25. The highest BCUT2D eigenvalue weighted by molar-refractivity contribution is 7.13. The molecule has 9 heteroatoms. The third-order valence-electron chi connectivity index (χ3n) is 6.30. The summed E-state index contributed by atoms with van der Waals surface area (Å²) in [6.07, 6.45) is 7.76. The number of alkyl halides is 2. The summed E-state index contributed by atoms with van der Waals surface area (Å²) in [5.74, 6) is 0.772. The van der Waals surface area contributed by atoms with Gasteiger partial charge in [0.05, 0.1) is 12.1 Å². The molecule has 0 unspecified atom stereocenters. The minimum absolute atomic E-state index is 0.0870. The van der Waals surface area contributed by atoms with E-state index in [4.69, 9.17) is 4.74 Å². The van der Waals surface area contributed by atoms with Gasteiger partial charge >= 0.3 is 0 Å². The van der Waals surface area contributed by atoms with Gasteiger partial charge in [0.25, 0.3) is 11.6 Å². The van der Waals surface area contributed by atoms with Gasteiger partial charge in [0.15, 0.2) is 6.61 Å². The second-order valence-corrected chi connectivity index (χ2v) is 9.73. The van der Waals surface area contributed by atoms with Crippen LogP contribution in [0.4, 0.5) is 8.78 Å². The number of carbonyl (C=O) groups excluding carboxylic acids is 1. The summed E-state index contributed by atoms with van der Waals surface area (Å²) in [5, 5.41) is 3.55. The van der Waals surface area contributed by atoms with Crippen LogP contribution in [0.3, 0.4) is 0 Å². The van der Waals surface area contributed by atoms with Gasteiger partial charge in [0, 0.05) is 36.4 Å². The van der Waals surface area contributed by atoms with E-state index in [1.54, 1.807) is 12.4 Å². The minimum Gasteiger partial charge on any atom is -0.464 e. The van der Waals surface area contributed by atoms with Crippen molar-refractivity contribution in [3.8, 4) is 5.19 Å². The second kappa shape index (κ2) is 11.1. The molecule has 3 heterocycles. The van der Waals surface area contributed by atoms with E-state index in [9.17, 15) is 13.6 Å². The van der Waals surface area contributed by atoms with E-state index in [2.05, 4.69) is 20.2 Å². The van der Waals surface area contributed by atoms with Crippen LogP contribution in [0, 0.1) is 5.92 Å². The molecule has 0 spiro atoms. The number of aromatic nitrogens is 2. The Labute approximate surface area is 191 Å². The minimum atomic E-state index is -2.47. The molecule has 0 aromatic carbocycles. The summed E-state index contributed by atoms with van der Waals surface area (Å²) in [6.45, 7) is 2.17. The SMILES string of the molecule is O=C(Cc1ccncc1)NC1CCC(CCN2CCc3sc(OCC(F)F)nc3C2)CC1. The van der Waals surface area contributed by atoms with E-state index in [0.717, 1.165) is 74.3 Å². The number of rotatable bonds is 9. The van der Waals surface area contributed by atoms with Crippen molar-refractivity contribution in [2.45, 2.75) is 64.0 Å². The zero-order chi connectivity index (χ0) is 22.3. The molecule has 4 rings (SSSR count). The van der Waals surface area contributed by atoms with Crippen LogP contribution >= 0.6 is 11.3 Å². The number of ether oxygens (including phenoxy) is 1. The van der Waals surface area contributed by atoms with Gasteiger partial charge in [-0.3, -0.25) is 14.7 Å². The zero-order valence-corrected chi connectivity index (χ0v) is 19.0. The fraction of sp³-hybridized carbons (Fsp3) is 0.609. The first kappa shape index (κ1) is 23.0. The Morgan fingerprint density at radius 2 is 2.03 bits per heavy atom. The van der Waals surface area contributed by atoms with Gasteiger partial charge in [0.1, 0.15) is 0 Å². The van der Waals surface area contributed by atoms with Crippen LogP contribution in [0.25, 0.3) is 0 Å². The average molecular weight is 465 g/mol. The highest BCUT2D eigenvalue weighted by Crippen LogP contribution is 2.31. The molecule has 0 saturated heterocycles. The van der Waals surface area contributed by atoms with Crippen LogP contribution < -0.4 is 10.1 Å². The lowest BCUT2D eigenvalue weighted by atomic mass is 9.84. The number of thiazole rings is 1. The van der Waals surface area contributed by atoms with Crippen molar-refractivity contribution in [1.29, 1.82) is 0 Å². The van der Waals surface area contributed by atoms with Crippen LogP contribution in [0.2, 0.25) is 0 Å². The summed E-state index contributed by atoms with van der Waals surface area (Å²) >= 11 is 1.40. The maximum Gasteiger partial charge on any atom is 0.273 e. The monoisotopic (exact) mass is 464 g/mol. The molecule has 0 radical (unpaired) electrons. The predicted molar refractivity (Wildman–Crippen MR) is 119 cm³/mol. The number of fused-ring (bicyclic) bond motifs is 1. The predicted octanol–water partition coefficient (Wildman–Crippen LogP) is 3.85. The normalized spacial score (nSPS) is 21.3. The number of nitrogens with zero attached hydrogens (tertiary/aromatic N) is 3. The summed E-state index contributed by atoms with van der Waals surface area (Å²) in [4.78, 5) is 24.2. The van der Waals surface area contributed by atoms with Crippen LogP contribution in [-0.2, 0) is 24.2 Å². The Balaban J connectivity index is 1.14. The first-order chi connectivity index (χ1) is 15.5. The summed E-state index contributed by atoms with van der Waals surface area (Å²) in [7, 11) is 0. The van der Waals surface area contributed by atoms with Crippen molar-refractivity contribution in [3.05, 3.63) is 40.7 Å². The molecule has 1 N–H and O–H groups in total. The third kappa shape index (κ3) is 6.68. The smallest absolute Gasteiger partial charge is 0.273 e. The number of halogens is 2. The molecule has 1 saturated carbocycles. The van der Waals surface area contributed by atoms with Crippen molar-refractivity contribution in [1.82, 2.24) is 20.2 Å². The second-order valence-electron chi connectivity index (χ2n) is 8.68. The van der Waals surface area contributed by atoms with Gasteiger partial charge in [0.2, 0.25) is 5.91 Å². The number of carbonyl (C=O) groups is 1. The van der Waals surface area contributed by atoms with Crippen LogP contribution in [0.15, 0.2) is 24.5 Å². The van der Waals surface area contributed by atoms with Crippen LogP contribution in [0.5, 0.6) is 5.19 Å². The van der Waals surface area contributed by atoms with E-state index in [1.165, 1.54) is 11.3 Å². The van der Waals surface area contributed by atoms with E-state index in [1.807, 2.05) is 12.1 Å². The molecule has 2 aromatic heterocycles. The molecular weight excluding hydrogens is 434 g/mol. The Morgan fingerprint density at radius 1 is 1.25 bits per heavy atom. The molecule has 32 heavy (non-hydrogen) atoms. The van der Waals surface area contributed by atoms with Gasteiger partial charge < -0.3 is 10.1 Å². The van der Waals surface area contributed by atoms with E-state index >= 15 is 0 Å². The van der Waals surface area contributed by atoms with Crippen molar-refractivity contribution in [2.24, 2.45) is 5.92 Å². The summed E-state index contributed by atoms with van der Waals surface area (Å²) < 4.78 is 29.8. The van der Waals surface area contributed by atoms with Crippen molar-refractivity contribution in [2.75, 3.05) is 19.7 Å². The number of nitrogens with one attached hydrogen (secondary N) is 1. The van der Waals surface area contributed by atoms with Crippen LogP contribution in [-0.4, -0.2) is 52.9 Å². The molecule has 6 nitrogen and oxygen atoms in total. The molecule has 1 amide bonds. The number of hydrogen-bond donors (Lipinski definition) is 1. The lowest BCUT2D eigenvalue weighted by molar-refractivity contribution is -0.121. The lowest BCUT2D eigenvalue weighted by Crippen LogP contribution is -2.39. The van der Waals surface area contributed by atoms with E-state index < -0.39 is 13.0 Å². The first-order valence-electron chi connectivity index (χ1n) is 11.4. The Bertz CT molecular complexity index is 872. The van der Waals surface area contributed by atoms with Crippen molar-refractivity contribution in [3.63, 3.8) is 0 Å². The molecule has 1 aliphatic heterocycles. The third-order valence-corrected chi connectivity index (χ3v) is 7.37. The maximum atomic E-state index is 12.3. The largest absolute Gasteiger partial charge is 0.464 e. The van der Waals surface area contributed by atoms with Gasteiger partial charge in [-0.15, -0.1) is 0 Å². The molecule has 2 aromatic rings. The molecular formula is C23H30F2N4O2S. The Hall–Kier alpha value is -2.13. The average Bonchev–Trinajstić information content (AvgIpc) is 3.20. The maximum absolute atomic E-state index is 12.3. The van der Waals surface area contributed by atoms with Gasteiger partial charge in [-0.2, -0.15) is 0 Å². The standard InChI is InChI=1S/C23H30F2N4O2S/c24-21(25)15-31-23-28-19-14-29(12-8-20(19)32-23)11-7-16-1-3-18(4-2-16)27-22(30)13-17-5-9-26-10-6-17/h5-6,9-10,16,18,21H,1-4,7-8,11-15H2,(H,27,30). The number of amides is 1. The van der Waals surface area contributed by atoms with E-state index in [-0.39, 0.29) is 11.9 Å². The summed E-state index contributed by atoms with van der Waals surface area (Å²) in [5.41, 5.74) is 1.97. The molecule has 174 valence electrons. The molecule has 0 bridgehead atoms. The lowest BCUT2D eigenvalue weighted by Gasteiger charge is -2.32. The topological polar surface area (TPSA) is 67.4 Å². The van der Waals surface area contributed by atoms with Gasteiger partial charge in [-0.1, -0.05) is 11.3 Å². The molecule has 1 fully saturated rings. The quantitative estimate of drug-likeness (QED) is 0.611. The Morgan fingerprint density at radius 3 is 2.78 bits per heavy atom. The van der Waals surface area contributed by atoms with Gasteiger partial charge in [-0.25, -0.2) is 13.8 Å². The fourth-order valence-corrected chi connectivity index (χ4v) is 5.46. The number of pyridine rings is 1. The van der Waals surface area contributed by atoms with E-state index in [0.29, 0.717) is 17.5 Å². The molecule has 1 aliphatic carbocycles. The highest BCUT2D eigenvalue weighted by atomic mass is 32.1. The fourth-order valence-electron chi connectivity index (χ4n) is 4.54. The van der Waals surface area contributed by atoms with Crippen LogP contribution in [0.1, 0.15) is 48.2 Å². The first-order valence-corrected chi connectivity index (χ1v) is 12.2. The van der Waals surface area contributed by atoms with Gasteiger partial charge in [-0.05, 0) is 68.7 Å². The molecule has 0 atom stereocenters.